The van der Waals surface area contributed by atoms with Gasteiger partial charge >= 0.3 is 0 Å². The van der Waals surface area contributed by atoms with Gasteiger partial charge in [0.1, 0.15) is 0 Å². The lowest BCUT2D eigenvalue weighted by Gasteiger charge is -1.76. The molecule has 0 aromatic heterocycles. The third-order valence-corrected chi connectivity index (χ3v) is 1.29. The number of rotatable bonds is 0. The van der Waals surface area contributed by atoms with Crippen molar-refractivity contribution in [2.24, 2.45) is 0 Å². The second-order valence-corrected chi connectivity index (χ2v) is 2.15. The molecule has 0 aromatic carbocycles. The molecule has 0 aromatic rings. The van der Waals surface area contributed by atoms with Crippen molar-refractivity contribution in [1.82, 2.24) is 5.32 Å². The quantitative estimate of drug-likeness (QED) is 0.484. The summed E-state index contributed by atoms with van der Waals surface area (Å²) in [4.78, 5) is 20.2. The van der Waals surface area contributed by atoms with Gasteiger partial charge in [0.25, 0.3) is 5.24 Å². The van der Waals surface area contributed by atoms with Crippen LogP contribution in [-0.4, -0.2) is 16.9 Å². The number of carbonyl (C=O) groups is 2. The van der Waals surface area contributed by atoms with Crippen molar-refractivity contribution in [3.05, 3.63) is 0 Å². The van der Waals surface area contributed by atoms with E-state index in [1.54, 1.807) is 0 Å². The van der Waals surface area contributed by atoms with Crippen LogP contribution in [0.25, 0.3) is 0 Å². The largest absolute Gasteiger partial charge is 0.339 e. The van der Waals surface area contributed by atoms with Crippen LogP contribution < -0.4 is 5.32 Å². The van der Waals surface area contributed by atoms with Gasteiger partial charge in [-0.3, -0.25) is 9.59 Å². The molecule has 0 bridgehead atoms. The monoisotopic (exact) mass is 117 g/mol. The van der Waals surface area contributed by atoms with Crippen LogP contribution in [0, 0.1) is 0 Å². The SMILES string of the molecule is O=C1CNC(=O)S1. The molecule has 1 N–H and O–H groups in total. The van der Waals surface area contributed by atoms with Crippen LogP contribution in [-0.2, 0) is 4.79 Å². The second-order valence-electron chi connectivity index (χ2n) is 1.12. The van der Waals surface area contributed by atoms with Crippen LogP contribution in [0.2, 0.25) is 0 Å². The van der Waals surface area contributed by atoms with Gasteiger partial charge in [-0.1, -0.05) is 0 Å². The van der Waals surface area contributed by atoms with Crippen LogP contribution >= 0.6 is 11.8 Å². The van der Waals surface area contributed by atoms with Crippen molar-refractivity contribution in [2.75, 3.05) is 6.54 Å². The van der Waals surface area contributed by atoms with Gasteiger partial charge in [-0.15, -0.1) is 0 Å². The van der Waals surface area contributed by atoms with E-state index in [4.69, 9.17) is 0 Å². The minimum atomic E-state index is -0.231. The first kappa shape index (κ1) is 4.64. The highest BCUT2D eigenvalue weighted by Crippen LogP contribution is 2.07. The van der Waals surface area contributed by atoms with Crippen molar-refractivity contribution in [1.29, 1.82) is 0 Å². The molecule has 0 saturated carbocycles. The van der Waals surface area contributed by atoms with E-state index in [-0.39, 0.29) is 16.9 Å². The molecule has 1 saturated heterocycles. The Kier molecular flexibility index (Phi) is 1.02. The van der Waals surface area contributed by atoms with Crippen LogP contribution in [0.1, 0.15) is 0 Å². The summed E-state index contributed by atoms with van der Waals surface area (Å²) in [6.45, 7) is 0.198. The van der Waals surface area contributed by atoms with Crippen molar-refractivity contribution < 1.29 is 9.59 Å². The number of nitrogens with one attached hydrogen (secondary N) is 1. The van der Waals surface area contributed by atoms with Crippen LogP contribution in [0.3, 0.4) is 0 Å². The molecule has 0 aliphatic carbocycles. The predicted molar refractivity (Wildman–Crippen MR) is 26.0 cm³/mol. The van der Waals surface area contributed by atoms with E-state index in [2.05, 4.69) is 5.32 Å². The standard InChI is InChI=1S/C3H3NO2S/c5-2-1-4-3(6)7-2/h1H2,(H,4,6). The highest BCUT2D eigenvalue weighted by Gasteiger charge is 2.17. The Labute approximate surface area is 44.5 Å². The van der Waals surface area contributed by atoms with E-state index >= 15 is 0 Å². The smallest absolute Gasteiger partial charge is 0.287 e. The number of carbonyl (C=O) groups excluding carboxylic acids is 2. The maximum Gasteiger partial charge on any atom is 0.287 e. The zero-order valence-electron chi connectivity index (χ0n) is 3.43. The molecule has 38 valence electrons. The molecule has 0 radical (unpaired) electrons. The summed E-state index contributed by atoms with van der Waals surface area (Å²) >= 11 is 0.731. The van der Waals surface area contributed by atoms with Crippen LogP contribution in [0.4, 0.5) is 4.79 Å². The molecule has 4 heteroatoms. The number of hydrogen-bond donors (Lipinski definition) is 1. The zero-order valence-corrected chi connectivity index (χ0v) is 4.25. The van der Waals surface area contributed by atoms with E-state index in [1.807, 2.05) is 0 Å². The molecule has 7 heavy (non-hydrogen) atoms. The Bertz CT molecular complexity index is 108. The predicted octanol–water partition coefficient (Wildman–Crippen LogP) is -0.0306. The van der Waals surface area contributed by atoms with E-state index in [1.165, 1.54) is 0 Å². The van der Waals surface area contributed by atoms with Crippen molar-refractivity contribution in [3.63, 3.8) is 0 Å². The normalized spacial score (nSPS) is 20.0. The zero-order chi connectivity index (χ0) is 5.28. The summed E-state index contributed by atoms with van der Waals surface area (Å²) in [5.41, 5.74) is 0. The summed E-state index contributed by atoms with van der Waals surface area (Å²) in [6, 6.07) is 0. The topological polar surface area (TPSA) is 46.2 Å². The Hall–Kier alpha value is -0.510. The minimum absolute atomic E-state index is 0.0926. The Morgan fingerprint density at radius 3 is 2.43 bits per heavy atom. The third kappa shape index (κ3) is 0.928. The van der Waals surface area contributed by atoms with Crippen molar-refractivity contribution in [2.45, 2.75) is 0 Å². The lowest BCUT2D eigenvalue weighted by molar-refractivity contribution is -0.109. The fourth-order valence-corrected chi connectivity index (χ4v) is 0.815. The first-order valence-corrected chi connectivity index (χ1v) is 2.59. The fraction of sp³-hybridized carbons (Fsp3) is 0.333. The van der Waals surface area contributed by atoms with E-state index in [9.17, 15) is 9.59 Å². The summed E-state index contributed by atoms with van der Waals surface area (Å²) < 4.78 is 0. The minimum Gasteiger partial charge on any atom is -0.339 e. The summed E-state index contributed by atoms with van der Waals surface area (Å²) in [5, 5.41) is 2.02. The molecule has 0 spiro atoms. The third-order valence-electron chi connectivity index (χ3n) is 0.584. The van der Waals surface area contributed by atoms with Gasteiger partial charge in [-0.25, -0.2) is 0 Å². The maximum absolute atomic E-state index is 10.1. The van der Waals surface area contributed by atoms with Gasteiger partial charge in [0.05, 0.1) is 6.54 Å². The second kappa shape index (κ2) is 1.54. The van der Waals surface area contributed by atoms with Crippen molar-refractivity contribution in [3.8, 4) is 0 Å². The summed E-state index contributed by atoms with van der Waals surface area (Å²) in [5.74, 6) is 0. The molecule has 1 rings (SSSR count). The van der Waals surface area contributed by atoms with E-state index in [0.29, 0.717) is 0 Å². The number of amides is 1. The Morgan fingerprint density at radius 1 is 1.57 bits per heavy atom. The van der Waals surface area contributed by atoms with E-state index < -0.39 is 0 Å². The summed E-state index contributed by atoms with van der Waals surface area (Å²) in [7, 11) is 0. The highest BCUT2D eigenvalue weighted by molar-refractivity contribution is 8.26. The summed E-state index contributed by atoms with van der Waals surface area (Å²) in [6.07, 6.45) is 0. The van der Waals surface area contributed by atoms with Gasteiger partial charge < -0.3 is 5.32 Å². The van der Waals surface area contributed by atoms with Crippen LogP contribution in [0.5, 0.6) is 0 Å². The van der Waals surface area contributed by atoms with E-state index in [0.717, 1.165) is 11.8 Å². The van der Waals surface area contributed by atoms with Gasteiger partial charge in [-0.05, 0) is 0 Å². The molecule has 1 heterocycles. The lowest BCUT2D eigenvalue weighted by Crippen LogP contribution is -2.11. The van der Waals surface area contributed by atoms with Crippen molar-refractivity contribution >= 4 is 22.1 Å². The molecule has 0 unspecified atom stereocenters. The highest BCUT2D eigenvalue weighted by atomic mass is 32.2. The lowest BCUT2D eigenvalue weighted by atomic mass is 10.7. The van der Waals surface area contributed by atoms with Gasteiger partial charge in [0, 0.05) is 11.8 Å². The molecular formula is C3H3NO2S. The fourth-order valence-electron chi connectivity index (χ4n) is 0.320. The average Bonchev–Trinajstić information content (AvgIpc) is 1.87. The number of thioether (sulfide) groups is 1. The first-order chi connectivity index (χ1) is 3.29. The molecule has 1 aliphatic heterocycles. The molecule has 1 aliphatic rings. The molecule has 1 fully saturated rings. The molecule has 1 amide bonds. The Morgan fingerprint density at radius 2 is 2.29 bits per heavy atom. The van der Waals surface area contributed by atoms with Crippen LogP contribution in [0.15, 0.2) is 0 Å². The Balaban J connectivity index is 2.55. The molecule has 0 atom stereocenters. The maximum atomic E-state index is 10.1. The molecular weight excluding hydrogens is 114 g/mol. The first-order valence-electron chi connectivity index (χ1n) is 1.77. The molecule has 3 nitrogen and oxygen atoms in total. The number of hydrogen-bond acceptors (Lipinski definition) is 3. The average molecular weight is 117 g/mol. The van der Waals surface area contributed by atoms with Gasteiger partial charge in [-0.2, -0.15) is 0 Å². The van der Waals surface area contributed by atoms with Gasteiger partial charge in [0.2, 0.25) is 5.12 Å². The van der Waals surface area contributed by atoms with Gasteiger partial charge in [0.15, 0.2) is 0 Å².